The van der Waals surface area contributed by atoms with Gasteiger partial charge in [-0.2, -0.15) is 0 Å². The van der Waals surface area contributed by atoms with Crippen molar-refractivity contribution in [1.29, 1.82) is 0 Å². The summed E-state index contributed by atoms with van der Waals surface area (Å²) >= 11 is 0. The Morgan fingerprint density at radius 2 is 2.12 bits per heavy atom. The topological polar surface area (TPSA) is 96.7 Å². The predicted octanol–water partition coefficient (Wildman–Crippen LogP) is 2.39. The van der Waals surface area contributed by atoms with Crippen LogP contribution >= 0.6 is 0 Å². The van der Waals surface area contributed by atoms with E-state index in [9.17, 15) is 9.59 Å². The van der Waals surface area contributed by atoms with Gasteiger partial charge in [0.25, 0.3) is 0 Å². The number of carbonyl (C=O) groups excluding carboxylic acids is 2. The molecule has 0 saturated carbocycles. The van der Waals surface area contributed by atoms with E-state index >= 15 is 0 Å². The molecule has 1 fully saturated rings. The highest BCUT2D eigenvalue weighted by atomic mass is 16.5. The number of hydrogen-bond acceptors (Lipinski definition) is 5. The molecule has 3 amide bonds. The number of furan rings is 1. The number of pyridine rings is 1. The van der Waals surface area contributed by atoms with Crippen LogP contribution < -0.4 is 15.4 Å². The van der Waals surface area contributed by atoms with E-state index in [-0.39, 0.29) is 18.0 Å². The Bertz CT molecular complexity index is 722. The third kappa shape index (κ3) is 4.98. The molecule has 8 nitrogen and oxygen atoms in total. The van der Waals surface area contributed by atoms with Gasteiger partial charge >= 0.3 is 6.03 Å². The number of amides is 3. The fraction of sp³-hybridized carbons (Fsp3) is 0.389. The standard InChI is InChI=1S/C18H22N4O4/c1-13(23)21-14-4-5-17(19-11-14)26-15-6-8-22(9-7-15)18(24)20-12-16-3-2-10-25-16/h2-5,10-11,15H,6-9,12H2,1H3,(H,20,24)(H,21,23). The van der Waals surface area contributed by atoms with Crippen molar-refractivity contribution in [2.45, 2.75) is 32.4 Å². The number of piperidine rings is 1. The molecule has 0 bridgehead atoms. The highest BCUT2D eigenvalue weighted by Crippen LogP contribution is 2.19. The summed E-state index contributed by atoms with van der Waals surface area (Å²) in [6.45, 7) is 3.08. The van der Waals surface area contributed by atoms with Gasteiger partial charge in [-0.05, 0) is 18.2 Å². The largest absolute Gasteiger partial charge is 0.474 e. The predicted molar refractivity (Wildman–Crippen MR) is 94.7 cm³/mol. The Balaban J connectivity index is 1.41. The van der Waals surface area contributed by atoms with Crippen molar-refractivity contribution >= 4 is 17.6 Å². The molecule has 138 valence electrons. The first-order valence-electron chi connectivity index (χ1n) is 8.55. The van der Waals surface area contributed by atoms with E-state index in [4.69, 9.17) is 9.15 Å². The van der Waals surface area contributed by atoms with E-state index in [0.717, 1.165) is 18.6 Å². The second-order valence-corrected chi connectivity index (χ2v) is 6.11. The maximum absolute atomic E-state index is 12.2. The molecule has 0 atom stereocenters. The molecule has 0 aliphatic carbocycles. The summed E-state index contributed by atoms with van der Waals surface area (Å²) in [5.74, 6) is 1.10. The van der Waals surface area contributed by atoms with Crippen molar-refractivity contribution in [3.05, 3.63) is 42.5 Å². The number of urea groups is 1. The molecule has 8 heteroatoms. The third-order valence-electron chi connectivity index (χ3n) is 4.07. The summed E-state index contributed by atoms with van der Waals surface area (Å²) in [6.07, 6.45) is 4.64. The van der Waals surface area contributed by atoms with Crippen LogP contribution in [-0.4, -0.2) is 41.0 Å². The molecule has 0 radical (unpaired) electrons. The molecule has 3 rings (SSSR count). The fourth-order valence-corrected chi connectivity index (χ4v) is 2.76. The number of carbonyl (C=O) groups is 2. The number of anilines is 1. The van der Waals surface area contributed by atoms with Gasteiger partial charge in [0.1, 0.15) is 11.9 Å². The van der Waals surface area contributed by atoms with Gasteiger partial charge in [0, 0.05) is 38.9 Å². The molecule has 1 aliphatic rings. The first kappa shape index (κ1) is 17.8. The first-order valence-corrected chi connectivity index (χ1v) is 8.55. The lowest BCUT2D eigenvalue weighted by molar-refractivity contribution is -0.114. The van der Waals surface area contributed by atoms with Crippen LogP contribution in [0.5, 0.6) is 5.88 Å². The monoisotopic (exact) mass is 358 g/mol. The van der Waals surface area contributed by atoms with Crippen LogP contribution in [0.3, 0.4) is 0 Å². The van der Waals surface area contributed by atoms with Crippen LogP contribution in [0.15, 0.2) is 41.1 Å². The van der Waals surface area contributed by atoms with Crippen molar-refractivity contribution in [2.75, 3.05) is 18.4 Å². The van der Waals surface area contributed by atoms with Gasteiger partial charge in [-0.25, -0.2) is 9.78 Å². The van der Waals surface area contributed by atoms with Gasteiger partial charge in [0.05, 0.1) is 24.7 Å². The summed E-state index contributed by atoms with van der Waals surface area (Å²) in [7, 11) is 0. The van der Waals surface area contributed by atoms with Crippen LogP contribution in [-0.2, 0) is 11.3 Å². The highest BCUT2D eigenvalue weighted by molar-refractivity contribution is 5.88. The van der Waals surface area contributed by atoms with Crippen LogP contribution in [0.1, 0.15) is 25.5 Å². The number of nitrogens with zero attached hydrogens (tertiary/aromatic N) is 2. The third-order valence-corrected chi connectivity index (χ3v) is 4.07. The lowest BCUT2D eigenvalue weighted by Crippen LogP contribution is -2.46. The molecule has 0 spiro atoms. The summed E-state index contributed by atoms with van der Waals surface area (Å²) in [5.41, 5.74) is 0.632. The summed E-state index contributed by atoms with van der Waals surface area (Å²) < 4.78 is 11.1. The van der Waals surface area contributed by atoms with Crippen molar-refractivity contribution in [2.24, 2.45) is 0 Å². The molecule has 3 heterocycles. The van der Waals surface area contributed by atoms with E-state index in [0.29, 0.717) is 31.2 Å². The maximum Gasteiger partial charge on any atom is 0.317 e. The van der Waals surface area contributed by atoms with Gasteiger partial charge in [0.2, 0.25) is 11.8 Å². The summed E-state index contributed by atoms with van der Waals surface area (Å²) in [5, 5.41) is 5.51. The number of likely N-dealkylation sites (tertiary alicyclic amines) is 1. The molecular weight excluding hydrogens is 336 g/mol. The smallest absolute Gasteiger partial charge is 0.317 e. The molecule has 0 unspecified atom stereocenters. The Labute approximate surface area is 151 Å². The number of hydrogen-bond donors (Lipinski definition) is 2. The lowest BCUT2D eigenvalue weighted by Gasteiger charge is -2.31. The second kappa shape index (κ2) is 8.37. The van der Waals surface area contributed by atoms with Crippen molar-refractivity contribution < 1.29 is 18.7 Å². The zero-order valence-electron chi connectivity index (χ0n) is 14.6. The van der Waals surface area contributed by atoms with Crippen LogP contribution in [0.4, 0.5) is 10.5 Å². The van der Waals surface area contributed by atoms with Crippen LogP contribution in [0.25, 0.3) is 0 Å². The normalized spacial score (nSPS) is 14.7. The van der Waals surface area contributed by atoms with E-state index < -0.39 is 0 Å². The van der Waals surface area contributed by atoms with E-state index in [2.05, 4.69) is 15.6 Å². The lowest BCUT2D eigenvalue weighted by atomic mass is 10.1. The average molecular weight is 358 g/mol. The number of rotatable bonds is 5. The molecule has 1 aliphatic heterocycles. The summed E-state index contributed by atoms with van der Waals surface area (Å²) in [4.78, 5) is 29.1. The molecule has 2 aromatic rings. The fourth-order valence-electron chi connectivity index (χ4n) is 2.76. The minimum Gasteiger partial charge on any atom is -0.474 e. The van der Waals surface area contributed by atoms with Crippen LogP contribution in [0.2, 0.25) is 0 Å². The van der Waals surface area contributed by atoms with E-state index in [1.54, 1.807) is 35.6 Å². The maximum atomic E-state index is 12.2. The molecule has 2 aromatic heterocycles. The number of nitrogens with one attached hydrogen (secondary N) is 2. The van der Waals surface area contributed by atoms with Gasteiger partial charge in [-0.1, -0.05) is 0 Å². The van der Waals surface area contributed by atoms with Gasteiger partial charge in [-0.3, -0.25) is 4.79 Å². The highest BCUT2D eigenvalue weighted by Gasteiger charge is 2.24. The van der Waals surface area contributed by atoms with Crippen LogP contribution in [0, 0.1) is 0 Å². The first-order chi connectivity index (χ1) is 12.6. The zero-order chi connectivity index (χ0) is 18.4. The second-order valence-electron chi connectivity index (χ2n) is 6.11. The molecule has 26 heavy (non-hydrogen) atoms. The van der Waals surface area contributed by atoms with Crippen molar-refractivity contribution in [3.8, 4) is 5.88 Å². The number of aromatic nitrogens is 1. The van der Waals surface area contributed by atoms with Crippen molar-refractivity contribution in [3.63, 3.8) is 0 Å². The Hall–Kier alpha value is -3.03. The van der Waals surface area contributed by atoms with Gasteiger partial charge in [-0.15, -0.1) is 0 Å². The Morgan fingerprint density at radius 3 is 2.73 bits per heavy atom. The van der Waals surface area contributed by atoms with E-state index in [1.165, 1.54) is 6.92 Å². The summed E-state index contributed by atoms with van der Waals surface area (Å²) in [6, 6.07) is 7.00. The quantitative estimate of drug-likeness (QED) is 0.855. The van der Waals surface area contributed by atoms with E-state index in [1.807, 2.05) is 6.07 Å². The molecule has 1 saturated heterocycles. The van der Waals surface area contributed by atoms with Crippen molar-refractivity contribution in [1.82, 2.24) is 15.2 Å². The van der Waals surface area contributed by atoms with Gasteiger partial charge in [0.15, 0.2) is 0 Å². The minimum absolute atomic E-state index is 0.0169. The zero-order valence-corrected chi connectivity index (χ0v) is 14.6. The Kier molecular flexibility index (Phi) is 5.73. The number of ether oxygens (including phenoxy) is 1. The molecule has 2 N–H and O–H groups in total. The molecular formula is C18H22N4O4. The van der Waals surface area contributed by atoms with Gasteiger partial charge < -0.3 is 24.7 Å². The average Bonchev–Trinajstić information content (AvgIpc) is 3.15. The molecule has 0 aromatic carbocycles. The SMILES string of the molecule is CC(=O)Nc1ccc(OC2CCN(C(=O)NCc3ccco3)CC2)nc1. The minimum atomic E-state index is -0.141. The Morgan fingerprint density at radius 1 is 1.31 bits per heavy atom.